The van der Waals surface area contributed by atoms with Crippen LogP contribution in [0.3, 0.4) is 0 Å². The summed E-state index contributed by atoms with van der Waals surface area (Å²) < 4.78 is 5.30. The number of hydrogen-bond acceptors (Lipinski definition) is 3. The average molecular weight is 274 g/mol. The number of carbonyl (C=O) groups excluding carboxylic acids is 1. The summed E-state index contributed by atoms with van der Waals surface area (Å²) in [5, 5.41) is 0. The number of benzene rings is 1. The summed E-state index contributed by atoms with van der Waals surface area (Å²) in [5.41, 5.74) is 1.29. The fraction of sp³-hybridized carbons (Fsp3) is 0.562. The predicted molar refractivity (Wildman–Crippen MR) is 77.3 cm³/mol. The highest BCUT2D eigenvalue weighted by molar-refractivity contribution is 5.78. The molecule has 0 radical (unpaired) electrons. The smallest absolute Gasteiger partial charge is 0.236 e. The number of morpholine rings is 1. The van der Waals surface area contributed by atoms with Crippen molar-refractivity contribution in [1.29, 1.82) is 0 Å². The third kappa shape index (κ3) is 3.58. The lowest BCUT2D eigenvalue weighted by atomic mass is 10.2. The van der Waals surface area contributed by atoms with E-state index in [9.17, 15) is 4.79 Å². The zero-order valence-corrected chi connectivity index (χ0v) is 11.8. The average Bonchev–Trinajstić information content (AvgIpc) is 3.33. The SMILES string of the molecule is O=C(CN(Cc1ccccc1)C1CC1)N1CCOCC1. The van der Waals surface area contributed by atoms with Crippen molar-refractivity contribution in [2.45, 2.75) is 25.4 Å². The van der Waals surface area contributed by atoms with Crippen molar-refractivity contribution < 1.29 is 9.53 Å². The van der Waals surface area contributed by atoms with Gasteiger partial charge in [-0.15, -0.1) is 0 Å². The molecule has 4 nitrogen and oxygen atoms in total. The number of rotatable bonds is 5. The Bertz CT molecular complexity index is 439. The second-order valence-electron chi connectivity index (χ2n) is 5.61. The topological polar surface area (TPSA) is 32.8 Å². The van der Waals surface area contributed by atoms with Crippen LogP contribution in [0.4, 0.5) is 0 Å². The minimum atomic E-state index is 0.246. The van der Waals surface area contributed by atoms with Crippen LogP contribution < -0.4 is 0 Å². The first-order valence-corrected chi connectivity index (χ1v) is 7.46. The van der Waals surface area contributed by atoms with E-state index in [1.54, 1.807) is 0 Å². The van der Waals surface area contributed by atoms with Gasteiger partial charge in [0.05, 0.1) is 19.8 Å². The maximum absolute atomic E-state index is 12.4. The first-order valence-electron chi connectivity index (χ1n) is 7.46. The molecule has 4 heteroatoms. The standard InChI is InChI=1S/C16H22N2O2/c19-16(17-8-10-20-11-9-17)13-18(15-6-7-15)12-14-4-2-1-3-5-14/h1-5,15H,6-13H2. The first kappa shape index (κ1) is 13.6. The molecule has 1 saturated heterocycles. The van der Waals surface area contributed by atoms with Gasteiger partial charge in [0.1, 0.15) is 0 Å². The van der Waals surface area contributed by atoms with Gasteiger partial charge in [-0.1, -0.05) is 30.3 Å². The Hall–Kier alpha value is -1.39. The van der Waals surface area contributed by atoms with Crippen molar-refractivity contribution in [2.75, 3.05) is 32.8 Å². The van der Waals surface area contributed by atoms with E-state index in [4.69, 9.17) is 4.74 Å². The lowest BCUT2D eigenvalue weighted by Crippen LogP contribution is -2.46. The summed E-state index contributed by atoms with van der Waals surface area (Å²) >= 11 is 0. The van der Waals surface area contributed by atoms with Crippen molar-refractivity contribution in [3.8, 4) is 0 Å². The number of amides is 1. The van der Waals surface area contributed by atoms with Crippen molar-refractivity contribution in [1.82, 2.24) is 9.80 Å². The van der Waals surface area contributed by atoms with E-state index in [-0.39, 0.29) is 5.91 Å². The molecule has 0 unspecified atom stereocenters. The van der Waals surface area contributed by atoms with Gasteiger partial charge < -0.3 is 9.64 Å². The third-order valence-corrected chi connectivity index (χ3v) is 3.99. The second-order valence-corrected chi connectivity index (χ2v) is 5.61. The first-order chi connectivity index (χ1) is 9.83. The quantitative estimate of drug-likeness (QED) is 0.816. The Kier molecular flexibility index (Phi) is 4.33. The van der Waals surface area contributed by atoms with Crippen LogP contribution in [0.1, 0.15) is 18.4 Å². The summed E-state index contributed by atoms with van der Waals surface area (Å²) in [6, 6.07) is 11.0. The van der Waals surface area contributed by atoms with Gasteiger partial charge in [-0.3, -0.25) is 9.69 Å². The molecular weight excluding hydrogens is 252 g/mol. The highest BCUT2D eigenvalue weighted by Crippen LogP contribution is 2.28. The maximum Gasteiger partial charge on any atom is 0.236 e. The molecule has 2 aliphatic rings. The van der Waals surface area contributed by atoms with Crippen molar-refractivity contribution in [2.24, 2.45) is 0 Å². The summed E-state index contributed by atoms with van der Waals surface area (Å²) in [5.74, 6) is 0.246. The molecule has 0 spiro atoms. The zero-order chi connectivity index (χ0) is 13.8. The molecule has 1 aliphatic carbocycles. The molecule has 20 heavy (non-hydrogen) atoms. The van der Waals surface area contributed by atoms with E-state index in [1.807, 2.05) is 11.0 Å². The normalized spacial score (nSPS) is 19.4. The Morgan fingerprint density at radius 2 is 1.90 bits per heavy atom. The molecular formula is C16H22N2O2. The van der Waals surface area contributed by atoms with Crippen LogP contribution in [-0.4, -0.2) is 54.6 Å². The highest BCUT2D eigenvalue weighted by Gasteiger charge is 2.31. The van der Waals surface area contributed by atoms with Crippen LogP contribution in [0.25, 0.3) is 0 Å². The molecule has 0 N–H and O–H groups in total. The second kappa shape index (κ2) is 6.37. The molecule has 3 rings (SSSR count). The van der Waals surface area contributed by atoms with Crippen molar-refractivity contribution in [3.05, 3.63) is 35.9 Å². The monoisotopic (exact) mass is 274 g/mol. The summed E-state index contributed by atoms with van der Waals surface area (Å²) in [4.78, 5) is 16.6. The Labute approximate surface area is 120 Å². The van der Waals surface area contributed by atoms with Gasteiger partial charge in [-0.2, -0.15) is 0 Å². The molecule has 1 amide bonds. The molecule has 0 bridgehead atoms. The maximum atomic E-state index is 12.4. The minimum Gasteiger partial charge on any atom is -0.378 e. The van der Waals surface area contributed by atoms with Gasteiger partial charge in [0.15, 0.2) is 0 Å². The van der Waals surface area contributed by atoms with Gasteiger partial charge in [0.2, 0.25) is 5.91 Å². The minimum absolute atomic E-state index is 0.246. The van der Waals surface area contributed by atoms with Crippen LogP contribution in [0.5, 0.6) is 0 Å². The third-order valence-electron chi connectivity index (χ3n) is 3.99. The summed E-state index contributed by atoms with van der Waals surface area (Å²) in [7, 11) is 0. The van der Waals surface area contributed by atoms with Gasteiger partial charge in [0, 0.05) is 25.7 Å². The van der Waals surface area contributed by atoms with E-state index in [1.165, 1.54) is 18.4 Å². The summed E-state index contributed by atoms with van der Waals surface area (Å²) in [6.07, 6.45) is 2.45. The highest BCUT2D eigenvalue weighted by atomic mass is 16.5. The molecule has 1 heterocycles. The van der Waals surface area contributed by atoms with E-state index in [0.717, 1.165) is 19.6 Å². The van der Waals surface area contributed by atoms with Crippen LogP contribution in [0.2, 0.25) is 0 Å². The molecule has 1 saturated carbocycles. The summed E-state index contributed by atoms with van der Waals surface area (Å²) in [6.45, 7) is 4.24. The lowest BCUT2D eigenvalue weighted by Gasteiger charge is -2.30. The van der Waals surface area contributed by atoms with Crippen LogP contribution >= 0.6 is 0 Å². The molecule has 1 aromatic carbocycles. The number of ether oxygens (including phenoxy) is 1. The molecule has 1 aromatic rings. The van der Waals surface area contributed by atoms with Gasteiger partial charge >= 0.3 is 0 Å². The van der Waals surface area contributed by atoms with Crippen molar-refractivity contribution in [3.63, 3.8) is 0 Å². The fourth-order valence-electron chi connectivity index (χ4n) is 2.66. The lowest BCUT2D eigenvalue weighted by molar-refractivity contribution is -0.136. The number of nitrogens with zero attached hydrogens (tertiary/aromatic N) is 2. The van der Waals surface area contributed by atoms with Crippen LogP contribution in [0, 0.1) is 0 Å². The van der Waals surface area contributed by atoms with Gasteiger partial charge in [0.25, 0.3) is 0 Å². The Balaban J connectivity index is 1.58. The Morgan fingerprint density at radius 1 is 1.20 bits per heavy atom. The molecule has 0 aromatic heterocycles. The molecule has 108 valence electrons. The van der Waals surface area contributed by atoms with E-state index in [2.05, 4.69) is 29.2 Å². The van der Waals surface area contributed by atoms with Gasteiger partial charge in [-0.05, 0) is 18.4 Å². The number of carbonyl (C=O) groups is 1. The molecule has 2 fully saturated rings. The van der Waals surface area contributed by atoms with E-state index >= 15 is 0 Å². The van der Waals surface area contributed by atoms with E-state index in [0.29, 0.717) is 25.8 Å². The zero-order valence-electron chi connectivity index (χ0n) is 11.8. The number of hydrogen-bond donors (Lipinski definition) is 0. The van der Waals surface area contributed by atoms with Crippen LogP contribution in [-0.2, 0) is 16.1 Å². The predicted octanol–water partition coefficient (Wildman–Crippen LogP) is 1.51. The van der Waals surface area contributed by atoms with E-state index < -0.39 is 0 Å². The molecule has 0 atom stereocenters. The Morgan fingerprint density at radius 3 is 2.55 bits per heavy atom. The largest absolute Gasteiger partial charge is 0.378 e. The molecule has 1 aliphatic heterocycles. The van der Waals surface area contributed by atoms with Crippen molar-refractivity contribution >= 4 is 5.91 Å². The van der Waals surface area contributed by atoms with Gasteiger partial charge in [-0.25, -0.2) is 0 Å². The fourth-order valence-corrected chi connectivity index (χ4v) is 2.66. The van der Waals surface area contributed by atoms with Crippen LogP contribution in [0.15, 0.2) is 30.3 Å².